The fraction of sp³-hybridized carbons (Fsp3) is 0.600. The number of nitrogens with one attached hydrogen (secondary N) is 1. The highest BCUT2D eigenvalue weighted by atomic mass is 35.5. The molecule has 4 rings (SSSR count). The van der Waals surface area contributed by atoms with E-state index in [1.54, 1.807) is 12.1 Å². The minimum Gasteiger partial charge on any atom is -0.381 e. The summed E-state index contributed by atoms with van der Waals surface area (Å²) in [5.41, 5.74) is 6.63. The molecule has 0 unspecified atom stereocenters. The number of ether oxygens (including phenoxy) is 1. The Morgan fingerprint density at radius 3 is 2.50 bits per heavy atom. The Morgan fingerprint density at radius 2 is 1.91 bits per heavy atom. The average Bonchev–Trinajstić information content (AvgIpc) is 3.21. The van der Waals surface area contributed by atoms with E-state index >= 15 is 0 Å². The van der Waals surface area contributed by atoms with E-state index in [9.17, 15) is 18.3 Å². The third kappa shape index (κ3) is 5.28. The lowest BCUT2D eigenvalue weighted by atomic mass is 9.95. The maximum Gasteiger partial charge on any atom is 0.416 e. The van der Waals surface area contributed by atoms with Gasteiger partial charge in [-0.2, -0.15) is 13.2 Å². The Labute approximate surface area is 188 Å². The summed E-state index contributed by atoms with van der Waals surface area (Å²) in [6, 6.07) is 7.36. The van der Waals surface area contributed by atoms with Gasteiger partial charge in [0.1, 0.15) is 6.10 Å². The molecule has 0 saturated carbocycles. The highest BCUT2D eigenvalue weighted by molar-refractivity contribution is 6.30. The number of hydrogen-bond acceptors (Lipinski definition) is 7. The van der Waals surface area contributed by atoms with Gasteiger partial charge in [-0.25, -0.2) is 0 Å². The number of nitrogens with two attached hydrogens (primary N) is 1. The molecule has 8 nitrogen and oxygen atoms in total. The number of hydrogen-bond donors (Lipinski definition) is 3. The third-order valence-corrected chi connectivity index (χ3v) is 6.41. The highest BCUT2D eigenvalue weighted by Crippen LogP contribution is 2.31. The molecule has 3 atom stereocenters. The first-order chi connectivity index (χ1) is 15.2. The van der Waals surface area contributed by atoms with Gasteiger partial charge in [-0.1, -0.05) is 23.7 Å². The lowest BCUT2D eigenvalue weighted by molar-refractivity contribution is -0.250. The van der Waals surface area contributed by atoms with Crippen LogP contribution in [0.4, 0.5) is 25.1 Å². The van der Waals surface area contributed by atoms with Crippen LogP contribution in [-0.4, -0.2) is 81.9 Å². The molecule has 176 valence electrons. The van der Waals surface area contributed by atoms with Crippen LogP contribution < -0.4 is 10.6 Å². The number of piperidine rings is 1. The van der Waals surface area contributed by atoms with Crippen LogP contribution in [-0.2, 0) is 11.2 Å². The lowest BCUT2D eigenvalue weighted by Crippen LogP contribution is -2.60. The predicted molar refractivity (Wildman–Crippen MR) is 113 cm³/mol. The molecule has 2 fully saturated rings. The smallest absolute Gasteiger partial charge is 0.381 e. The van der Waals surface area contributed by atoms with Gasteiger partial charge in [0, 0.05) is 36.7 Å². The number of aromatic amines is 1. The van der Waals surface area contributed by atoms with Gasteiger partial charge in [0.2, 0.25) is 11.9 Å². The van der Waals surface area contributed by atoms with Gasteiger partial charge in [0.05, 0.1) is 6.61 Å². The second-order valence-corrected chi connectivity index (χ2v) is 8.73. The van der Waals surface area contributed by atoms with E-state index in [-0.39, 0.29) is 31.2 Å². The quantitative estimate of drug-likeness (QED) is 0.610. The van der Waals surface area contributed by atoms with Crippen molar-refractivity contribution in [3.05, 3.63) is 34.9 Å². The van der Waals surface area contributed by atoms with Crippen molar-refractivity contribution >= 4 is 23.5 Å². The zero-order chi connectivity index (χ0) is 22.9. The zero-order valence-corrected chi connectivity index (χ0v) is 18.1. The van der Waals surface area contributed by atoms with E-state index in [1.165, 1.54) is 0 Å². The van der Waals surface area contributed by atoms with E-state index < -0.39 is 18.4 Å². The molecule has 0 spiro atoms. The molecule has 0 aliphatic carbocycles. The summed E-state index contributed by atoms with van der Waals surface area (Å²) in [7, 11) is 0. The van der Waals surface area contributed by atoms with Crippen LogP contribution in [0.5, 0.6) is 0 Å². The molecular formula is C20H26ClF3N6O2. The van der Waals surface area contributed by atoms with Crippen LogP contribution >= 0.6 is 11.6 Å². The summed E-state index contributed by atoms with van der Waals surface area (Å²) in [6.07, 6.45) is -6.49. The van der Waals surface area contributed by atoms with Crippen molar-refractivity contribution in [1.82, 2.24) is 20.1 Å². The monoisotopic (exact) mass is 474 g/mol. The number of rotatable bonds is 5. The molecule has 2 aliphatic rings. The van der Waals surface area contributed by atoms with Gasteiger partial charge < -0.3 is 20.5 Å². The van der Waals surface area contributed by atoms with E-state index in [0.29, 0.717) is 30.5 Å². The van der Waals surface area contributed by atoms with Crippen molar-refractivity contribution in [3.63, 3.8) is 0 Å². The third-order valence-electron chi connectivity index (χ3n) is 6.16. The molecule has 0 amide bonds. The molecule has 1 aromatic heterocycles. The first-order valence-corrected chi connectivity index (χ1v) is 10.9. The first-order valence-electron chi connectivity index (χ1n) is 10.5. The Kier molecular flexibility index (Phi) is 6.80. The van der Waals surface area contributed by atoms with Gasteiger partial charge in [0.25, 0.3) is 0 Å². The summed E-state index contributed by atoms with van der Waals surface area (Å²) < 4.78 is 44.9. The molecule has 3 heterocycles. The summed E-state index contributed by atoms with van der Waals surface area (Å²) in [6.45, 7) is 1.45. The van der Waals surface area contributed by atoms with Crippen molar-refractivity contribution in [1.29, 1.82) is 0 Å². The lowest BCUT2D eigenvalue weighted by Gasteiger charge is -2.47. The average molecular weight is 475 g/mol. The summed E-state index contributed by atoms with van der Waals surface area (Å²) in [4.78, 5) is 7.00. The van der Waals surface area contributed by atoms with Crippen LogP contribution in [0.3, 0.4) is 0 Å². The van der Waals surface area contributed by atoms with Crippen LogP contribution in [0.2, 0.25) is 5.02 Å². The van der Waals surface area contributed by atoms with Gasteiger partial charge in [-0.05, 0) is 37.0 Å². The van der Waals surface area contributed by atoms with E-state index in [1.807, 2.05) is 17.0 Å². The number of nitrogen functional groups attached to an aromatic ring is 1. The standard InChI is InChI=1S/C20H26ClF3N6O2/c21-13-3-1-12(2-4-13)9-15-11-32-16(17(31)20(22,23)24)10-30(15)14-5-7-29(8-6-14)19-26-18(25)27-28-19/h1-4,14-17,31H,5-11H2,(H3,25,26,27,28)/t15-,16+,17-/m0/s1. The zero-order valence-electron chi connectivity index (χ0n) is 17.3. The number of aliphatic hydroxyl groups is 1. The number of benzene rings is 1. The number of aliphatic hydroxyl groups excluding tert-OH is 1. The molecule has 4 N–H and O–H groups in total. The molecule has 0 bridgehead atoms. The Morgan fingerprint density at radius 1 is 1.22 bits per heavy atom. The molecule has 32 heavy (non-hydrogen) atoms. The van der Waals surface area contributed by atoms with Gasteiger partial charge in [-0.15, -0.1) is 10.2 Å². The van der Waals surface area contributed by atoms with Crippen LogP contribution in [0, 0.1) is 0 Å². The molecule has 2 aromatic rings. The molecule has 1 aromatic carbocycles. The minimum absolute atomic E-state index is 0.0128. The van der Waals surface area contributed by atoms with Crippen molar-refractivity contribution in [3.8, 4) is 0 Å². The van der Waals surface area contributed by atoms with Gasteiger partial charge in [-0.3, -0.25) is 9.88 Å². The SMILES string of the molecule is Nc1nnc(N2CCC(N3C[C@H]([C@H](O)C(F)(F)F)OC[C@@H]3Cc3ccc(Cl)cc3)CC2)[nH]1. The topological polar surface area (TPSA) is 104 Å². The maximum atomic E-state index is 13.1. The molecular weight excluding hydrogens is 449 g/mol. The second-order valence-electron chi connectivity index (χ2n) is 8.29. The number of aromatic nitrogens is 3. The molecule has 2 aliphatic heterocycles. The Hall–Kier alpha value is -2.08. The summed E-state index contributed by atoms with van der Waals surface area (Å²) >= 11 is 5.97. The first kappa shape index (κ1) is 23.1. The molecule has 12 heteroatoms. The minimum atomic E-state index is -4.73. The second kappa shape index (κ2) is 9.42. The molecule has 2 saturated heterocycles. The van der Waals surface area contributed by atoms with Crippen molar-refractivity contribution in [2.75, 3.05) is 36.9 Å². The van der Waals surface area contributed by atoms with Gasteiger partial charge in [0.15, 0.2) is 6.10 Å². The van der Waals surface area contributed by atoms with Crippen LogP contribution in [0.1, 0.15) is 18.4 Å². The van der Waals surface area contributed by atoms with Crippen LogP contribution in [0.25, 0.3) is 0 Å². The number of nitrogens with zero attached hydrogens (tertiary/aromatic N) is 4. The van der Waals surface area contributed by atoms with Crippen molar-refractivity contribution in [2.45, 2.75) is 49.7 Å². The predicted octanol–water partition coefficient (Wildman–Crippen LogP) is 2.24. The highest BCUT2D eigenvalue weighted by Gasteiger charge is 2.48. The maximum absolute atomic E-state index is 13.1. The number of H-pyrrole nitrogens is 1. The number of morpholine rings is 1. The fourth-order valence-corrected chi connectivity index (χ4v) is 4.60. The number of halogens is 4. The van der Waals surface area contributed by atoms with E-state index in [2.05, 4.69) is 20.1 Å². The molecule has 0 radical (unpaired) electrons. The summed E-state index contributed by atoms with van der Waals surface area (Å²) in [5, 5.41) is 18.2. The van der Waals surface area contributed by atoms with Crippen molar-refractivity contribution in [2.24, 2.45) is 0 Å². The number of anilines is 2. The van der Waals surface area contributed by atoms with Gasteiger partial charge >= 0.3 is 6.18 Å². The van der Waals surface area contributed by atoms with E-state index in [4.69, 9.17) is 22.1 Å². The van der Waals surface area contributed by atoms with Crippen LogP contribution in [0.15, 0.2) is 24.3 Å². The van der Waals surface area contributed by atoms with Crippen molar-refractivity contribution < 1.29 is 23.0 Å². The Bertz CT molecular complexity index is 888. The normalized spacial score (nSPS) is 24.6. The largest absolute Gasteiger partial charge is 0.416 e. The number of alkyl halides is 3. The summed E-state index contributed by atoms with van der Waals surface area (Å²) in [5.74, 6) is 0.827. The van der Waals surface area contributed by atoms with E-state index in [0.717, 1.165) is 18.4 Å². The Balaban J connectivity index is 1.47. The fourth-order valence-electron chi connectivity index (χ4n) is 4.48.